The van der Waals surface area contributed by atoms with Crippen molar-refractivity contribution in [3.63, 3.8) is 0 Å². The minimum atomic E-state index is -1.80. The third-order valence-electron chi connectivity index (χ3n) is 22.3. The molecule has 19 rings (SSSR count). The molecule has 49 heteroatoms. The SMILES string of the molecule is CC(=O)OCC(=O)Nc1ccc(-c2nc3c(F)c(C)[nH]n3n2)cc1.CCc1ccccc1C(=O)OCC(=O)Nc1ccc(-c2nc3cc(C)[nH]n3n2)cc1.Cc1[nH]n2nc(-c3ccc(NC(=O)COC(=O)Cc4cc(F)cc(F)c4)cc3)nc2c1Cl.Cc1[nH]n2nc(-c3cccc(NC(=O)COC(=O)[C@H]4CCCC[C@H]4C)c3)nc2c1Cl.Cc1[nH]n2nc(-c3cccc(NC(=O)COC(=O)c4ccc(F)c(F)c4F)c3)nc2c1Cl. The van der Waals surface area contributed by atoms with Crippen LogP contribution in [0.15, 0.2) is 182 Å². The third-order valence-corrected chi connectivity index (χ3v) is 23.7. The normalized spacial score (nSPS) is 12.6. The summed E-state index contributed by atoms with van der Waals surface area (Å²) in [6, 6.07) is 47.4. The van der Waals surface area contributed by atoms with Gasteiger partial charge >= 0.3 is 29.8 Å². The number of aryl methyl sites for hydroxylation is 6. The number of nitrogens with zero attached hydrogens (tertiary/aromatic N) is 15. The highest BCUT2D eigenvalue weighted by molar-refractivity contribution is 6.35. The molecule has 5 amide bonds. The number of carbonyl (C=O) groups excluding carboxylic acids is 10. The van der Waals surface area contributed by atoms with Gasteiger partial charge in [0.1, 0.15) is 26.7 Å². The molecule has 2 atom stereocenters. The van der Waals surface area contributed by atoms with Crippen molar-refractivity contribution in [2.45, 2.75) is 93.9 Å². The summed E-state index contributed by atoms with van der Waals surface area (Å²) in [6.45, 7) is 11.9. The van der Waals surface area contributed by atoms with Crippen molar-refractivity contribution in [3.05, 3.63) is 283 Å². The minimum absolute atomic E-state index is 0.109. The Labute approximate surface area is 848 Å². The van der Waals surface area contributed by atoms with E-state index in [4.69, 9.17) is 49.0 Å². The molecule has 1 aliphatic rings. The van der Waals surface area contributed by atoms with E-state index in [1.165, 1.54) is 25.4 Å². The molecular formula is C99H88Cl3F6N25O15. The Morgan fingerprint density at radius 2 is 0.791 bits per heavy atom. The molecule has 0 saturated heterocycles. The van der Waals surface area contributed by atoms with E-state index in [2.05, 4.69) is 119 Å². The second-order valence-corrected chi connectivity index (χ2v) is 34.6. The van der Waals surface area contributed by atoms with Crippen LogP contribution >= 0.6 is 34.8 Å². The summed E-state index contributed by atoms with van der Waals surface area (Å²) in [7, 11) is 0. The number of rotatable bonds is 26. The van der Waals surface area contributed by atoms with Crippen LogP contribution in [0, 0.1) is 81.4 Å². The molecule has 0 radical (unpaired) electrons. The van der Waals surface area contributed by atoms with Crippen molar-refractivity contribution in [2.24, 2.45) is 11.8 Å². The van der Waals surface area contributed by atoms with Gasteiger partial charge in [0, 0.05) is 81.0 Å². The van der Waals surface area contributed by atoms with Crippen LogP contribution in [-0.4, -0.2) is 191 Å². The number of nitrogens with one attached hydrogen (secondary N) is 10. The molecular weight excluding hydrogens is 2000 g/mol. The van der Waals surface area contributed by atoms with Gasteiger partial charge in [0.25, 0.3) is 29.5 Å². The molecule has 0 spiro atoms. The van der Waals surface area contributed by atoms with E-state index in [0.29, 0.717) is 148 Å². The summed E-state index contributed by atoms with van der Waals surface area (Å²) in [4.78, 5) is 141. The maximum absolute atomic E-state index is 13.8. The summed E-state index contributed by atoms with van der Waals surface area (Å²) >= 11 is 18.5. The number of amides is 5. The molecule has 1 aliphatic carbocycles. The molecule has 18 aromatic rings. The number of benzene rings is 8. The van der Waals surface area contributed by atoms with Gasteiger partial charge in [-0.1, -0.05) is 104 Å². The van der Waals surface area contributed by atoms with Crippen LogP contribution in [0.2, 0.25) is 15.1 Å². The van der Waals surface area contributed by atoms with E-state index >= 15 is 0 Å². The summed E-state index contributed by atoms with van der Waals surface area (Å²) in [5, 5.41) is 50.9. The number of H-pyrrole nitrogens is 5. The Morgan fingerprint density at radius 3 is 1.24 bits per heavy atom. The van der Waals surface area contributed by atoms with Gasteiger partial charge in [0.05, 0.1) is 46.2 Å². The summed E-state index contributed by atoms with van der Waals surface area (Å²) in [5.41, 5.74) is 12.7. The van der Waals surface area contributed by atoms with Crippen LogP contribution in [0.5, 0.6) is 0 Å². The predicted molar refractivity (Wildman–Crippen MR) is 528 cm³/mol. The van der Waals surface area contributed by atoms with E-state index in [1.807, 2.05) is 64.1 Å². The number of aromatic amines is 5. The number of anilines is 5. The number of fused-ring (bicyclic) bond motifs is 5. The lowest BCUT2D eigenvalue weighted by Gasteiger charge is -2.26. The zero-order chi connectivity index (χ0) is 105. The number of carbonyl (C=O) groups is 10. The fourth-order valence-electron chi connectivity index (χ4n) is 15.0. The molecule has 10 N–H and O–H groups in total. The average Bonchev–Trinajstić information content (AvgIpc) is 1.64. The van der Waals surface area contributed by atoms with Crippen LogP contribution < -0.4 is 26.6 Å². The number of ether oxygens (including phenoxy) is 5. The van der Waals surface area contributed by atoms with Crippen LogP contribution in [0.3, 0.4) is 0 Å². The van der Waals surface area contributed by atoms with Gasteiger partial charge in [0.15, 0.2) is 108 Å². The standard InChI is InChI=1S/C22H21N5O3.C21H16ClF2N5O3.C21H24ClN5O3.C20H13ClF3N5O3.C15H14FN5O3/c1-3-15-6-4-5-7-18(15)22(29)30-13-20(28)23-17-10-8-16(9-11-17)21-24-19-12-14(2)25-27(19)26-21;1-11-19(22)21-26-20(28-29(21)27-11)13-2-4-16(5-3-13)25-17(30)10-32-18(31)8-12-6-14(23)9-15(24)7-12;1-12-6-3-4-9-16(12)21(29)30-11-17(28)23-15-8-5-7-14(10-15)19-24-20-18(22)13(2)25-27(20)26-19;1-9-15(21)19-26-18(28-29(19)27-9)10-3-2-4-11(7-10)25-14(30)8-32-20(31)12-5-6-13(22)17(24)16(12)23;1-8-13(16)15-18-14(20-21(15)19-8)10-3-5-11(6-4-10)17-12(23)7-24-9(2)22/h4-12,25H,3,13H2,1-2H3,(H,23,28);2-7,9,27H,8,10H2,1H3,(H,25,30);5,7-8,10,12,16,25H,3-4,6,9,11H2,1-2H3,(H,23,28);2-7,27H,8H2,1H3,(H,25,30);3-6,19H,7H2,1-2H3,(H,17,23)/t;;12-,16+;;/m..1../s1. The van der Waals surface area contributed by atoms with Gasteiger partial charge in [-0.05, 0) is 198 Å². The number of hydrogen-bond acceptors (Lipinski definition) is 25. The van der Waals surface area contributed by atoms with Crippen LogP contribution in [0.4, 0.5) is 54.8 Å². The van der Waals surface area contributed by atoms with Crippen molar-refractivity contribution in [2.75, 3.05) is 59.6 Å². The van der Waals surface area contributed by atoms with Crippen LogP contribution in [0.25, 0.3) is 85.2 Å². The highest BCUT2D eigenvalue weighted by Crippen LogP contribution is 2.34. The van der Waals surface area contributed by atoms with Gasteiger partial charge < -0.3 is 50.3 Å². The molecule has 10 aromatic heterocycles. The first kappa shape index (κ1) is 105. The fraction of sp³-hybridized carbons (Fsp3) is 0.212. The van der Waals surface area contributed by atoms with E-state index < -0.39 is 101 Å². The molecule has 8 aromatic carbocycles. The smallest absolute Gasteiger partial charge is 0.341 e. The summed E-state index contributed by atoms with van der Waals surface area (Å²) in [6.07, 6.45) is 4.40. The maximum atomic E-state index is 13.8. The molecule has 762 valence electrons. The second kappa shape index (κ2) is 46.8. The van der Waals surface area contributed by atoms with E-state index in [-0.39, 0.29) is 55.2 Å². The van der Waals surface area contributed by atoms with Gasteiger partial charge in [-0.25, -0.2) is 60.9 Å². The van der Waals surface area contributed by atoms with Gasteiger partial charge in [-0.15, -0.1) is 25.5 Å². The Hall–Kier alpha value is -17.7. The molecule has 1 saturated carbocycles. The molecule has 0 unspecified atom stereocenters. The highest BCUT2D eigenvalue weighted by Gasteiger charge is 2.31. The first-order valence-corrected chi connectivity index (χ1v) is 46.4. The van der Waals surface area contributed by atoms with Crippen molar-refractivity contribution in [1.82, 2.24) is 99.1 Å². The topological polar surface area (TPSA) is 507 Å². The fourth-order valence-corrected chi connectivity index (χ4v) is 15.5. The molecule has 0 aliphatic heterocycles. The summed E-state index contributed by atoms with van der Waals surface area (Å²) < 4.78 is 112. The maximum Gasteiger partial charge on any atom is 0.341 e. The molecule has 1 fully saturated rings. The molecule has 148 heavy (non-hydrogen) atoms. The van der Waals surface area contributed by atoms with Crippen molar-refractivity contribution < 1.29 is 98.0 Å². The van der Waals surface area contributed by atoms with Crippen LogP contribution in [0.1, 0.15) is 107 Å². The second-order valence-electron chi connectivity index (χ2n) is 33.4. The van der Waals surface area contributed by atoms with Gasteiger partial charge in [-0.2, -0.15) is 23.2 Å². The monoisotopic (exact) mass is 2090 g/mol. The Morgan fingerprint density at radius 1 is 0.385 bits per heavy atom. The summed E-state index contributed by atoms with van der Waals surface area (Å²) in [5.74, 6) is -10.5. The lowest BCUT2D eigenvalue weighted by atomic mass is 9.80. The van der Waals surface area contributed by atoms with E-state index in [9.17, 15) is 74.3 Å². The van der Waals surface area contributed by atoms with Crippen LogP contribution in [-0.2, 0) is 74.9 Å². The zero-order valence-corrected chi connectivity index (χ0v) is 81.8. The van der Waals surface area contributed by atoms with Crippen molar-refractivity contribution in [3.8, 4) is 56.9 Å². The number of halogens is 9. The average molecular weight is 2090 g/mol. The first-order valence-electron chi connectivity index (χ1n) is 45.3. The minimum Gasteiger partial charge on any atom is -0.456 e. The molecule has 0 bridgehead atoms. The molecule has 40 nitrogen and oxygen atoms in total. The quantitative estimate of drug-likeness (QED) is 0.0104. The van der Waals surface area contributed by atoms with Gasteiger partial charge in [-0.3, -0.25) is 63.8 Å². The van der Waals surface area contributed by atoms with E-state index in [1.54, 1.807) is 134 Å². The zero-order valence-electron chi connectivity index (χ0n) is 79.5. The van der Waals surface area contributed by atoms with Gasteiger partial charge in [0.2, 0.25) is 5.65 Å². The Balaban J connectivity index is 0.000000139. The largest absolute Gasteiger partial charge is 0.456 e. The van der Waals surface area contributed by atoms with Crippen molar-refractivity contribution in [1.29, 1.82) is 0 Å². The first-order chi connectivity index (χ1) is 70.9. The lowest BCUT2D eigenvalue weighted by Crippen LogP contribution is -2.30. The van der Waals surface area contributed by atoms with Crippen molar-refractivity contribution >= 4 is 151 Å². The Kier molecular flexibility index (Phi) is 33.1. The highest BCUT2D eigenvalue weighted by atomic mass is 35.5. The lowest BCUT2D eigenvalue weighted by molar-refractivity contribution is -0.154. The third kappa shape index (κ3) is 26.1. The van der Waals surface area contributed by atoms with E-state index in [0.717, 1.165) is 83.3 Å². The number of hydrogen-bond donors (Lipinski definition) is 10. The number of aromatic nitrogens is 20. The molecule has 10 heterocycles. The predicted octanol–water partition coefficient (Wildman–Crippen LogP) is 16.6. The Bertz CT molecular complexity index is 8000. The number of esters is 5.